The summed E-state index contributed by atoms with van der Waals surface area (Å²) in [7, 11) is 3.81. The standard InChI is InChI=1S/C8H14N4.ClH/c1-6(9)7-4-10-8(11-5-7)12(2)3;/h4-6H,9H2,1-3H3;1H. The van der Waals surface area contributed by atoms with Crippen LogP contribution < -0.4 is 10.6 Å². The summed E-state index contributed by atoms with van der Waals surface area (Å²) in [5, 5.41) is 0. The molecule has 1 rings (SSSR count). The lowest BCUT2D eigenvalue weighted by atomic mass is 10.2. The Bertz CT molecular complexity index is 218. The summed E-state index contributed by atoms with van der Waals surface area (Å²) in [4.78, 5) is 10.1. The van der Waals surface area contributed by atoms with Gasteiger partial charge in [0.2, 0.25) is 5.95 Å². The molecule has 4 nitrogen and oxygen atoms in total. The molecule has 0 radical (unpaired) electrons. The van der Waals surface area contributed by atoms with Crippen LogP contribution in [0.25, 0.3) is 0 Å². The van der Waals surface area contributed by atoms with Crippen LogP contribution >= 0.6 is 12.4 Å². The van der Waals surface area contributed by atoms with Crippen molar-refractivity contribution in [3.8, 4) is 0 Å². The van der Waals surface area contributed by atoms with Crippen molar-refractivity contribution in [2.24, 2.45) is 5.73 Å². The van der Waals surface area contributed by atoms with Crippen LogP contribution in [0.15, 0.2) is 12.4 Å². The third kappa shape index (κ3) is 3.16. The highest BCUT2D eigenvalue weighted by atomic mass is 35.5. The Morgan fingerprint density at radius 2 is 1.77 bits per heavy atom. The molecule has 1 atom stereocenters. The monoisotopic (exact) mass is 202 g/mol. The molecule has 0 aliphatic heterocycles. The summed E-state index contributed by atoms with van der Waals surface area (Å²) >= 11 is 0. The third-order valence-electron chi connectivity index (χ3n) is 1.58. The minimum Gasteiger partial charge on any atom is -0.347 e. The van der Waals surface area contributed by atoms with E-state index in [0.29, 0.717) is 5.95 Å². The fourth-order valence-corrected chi connectivity index (χ4v) is 0.797. The first-order chi connectivity index (χ1) is 5.61. The molecule has 0 aromatic carbocycles. The number of anilines is 1. The zero-order chi connectivity index (χ0) is 9.14. The number of halogens is 1. The number of hydrogen-bond donors (Lipinski definition) is 1. The molecule has 0 bridgehead atoms. The summed E-state index contributed by atoms with van der Waals surface area (Å²) in [5.74, 6) is 0.708. The van der Waals surface area contributed by atoms with Crippen molar-refractivity contribution in [2.45, 2.75) is 13.0 Å². The van der Waals surface area contributed by atoms with E-state index in [4.69, 9.17) is 5.73 Å². The number of rotatable bonds is 2. The van der Waals surface area contributed by atoms with E-state index in [9.17, 15) is 0 Å². The van der Waals surface area contributed by atoms with Crippen LogP contribution in [0.5, 0.6) is 0 Å². The van der Waals surface area contributed by atoms with Gasteiger partial charge in [-0.3, -0.25) is 0 Å². The molecule has 0 fully saturated rings. The highest BCUT2D eigenvalue weighted by Crippen LogP contribution is 2.08. The Morgan fingerprint density at radius 3 is 2.08 bits per heavy atom. The second-order valence-corrected chi connectivity index (χ2v) is 3.00. The predicted octanol–water partition coefficient (Wildman–Crippen LogP) is 0.984. The van der Waals surface area contributed by atoms with Gasteiger partial charge in [-0.1, -0.05) is 0 Å². The smallest absolute Gasteiger partial charge is 0.224 e. The fourth-order valence-electron chi connectivity index (χ4n) is 0.797. The van der Waals surface area contributed by atoms with E-state index >= 15 is 0 Å². The Hall–Kier alpha value is -0.870. The molecule has 1 heterocycles. The second-order valence-electron chi connectivity index (χ2n) is 3.00. The fraction of sp³-hybridized carbons (Fsp3) is 0.500. The molecule has 2 N–H and O–H groups in total. The van der Waals surface area contributed by atoms with Gasteiger partial charge >= 0.3 is 0 Å². The molecular formula is C8H15ClN4. The molecule has 1 aromatic rings. The summed E-state index contributed by atoms with van der Waals surface area (Å²) in [6, 6.07) is 0.00112. The maximum atomic E-state index is 5.65. The molecule has 1 aromatic heterocycles. The van der Waals surface area contributed by atoms with Crippen LogP contribution in [0.4, 0.5) is 5.95 Å². The quantitative estimate of drug-likeness (QED) is 0.777. The van der Waals surface area contributed by atoms with Gasteiger partial charge in [0.25, 0.3) is 0 Å². The Labute approximate surface area is 84.6 Å². The van der Waals surface area contributed by atoms with E-state index in [1.165, 1.54) is 0 Å². The molecule has 1 unspecified atom stereocenters. The van der Waals surface area contributed by atoms with Gasteiger partial charge in [-0.25, -0.2) is 9.97 Å². The predicted molar refractivity (Wildman–Crippen MR) is 56.2 cm³/mol. The minimum absolute atomic E-state index is 0. The molecule has 0 aliphatic rings. The average molecular weight is 203 g/mol. The highest BCUT2D eigenvalue weighted by molar-refractivity contribution is 5.85. The van der Waals surface area contributed by atoms with Crippen molar-refractivity contribution in [2.75, 3.05) is 19.0 Å². The van der Waals surface area contributed by atoms with Crippen molar-refractivity contribution in [1.82, 2.24) is 9.97 Å². The summed E-state index contributed by atoms with van der Waals surface area (Å²) in [5.41, 5.74) is 6.61. The van der Waals surface area contributed by atoms with Crippen LogP contribution in [0.1, 0.15) is 18.5 Å². The second kappa shape index (κ2) is 4.99. The van der Waals surface area contributed by atoms with E-state index in [2.05, 4.69) is 9.97 Å². The Balaban J connectivity index is 0.00000144. The lowest BCUT2D eigenvalue weighted by Crippen LogP contribution is -2.14. The first-order valence-electron chi connectivity index (χ1n) is 3.86. The lowest BCUT2D eigenvalue weighted by molar-refractivity contribution is 0.799. The summed E-state index contributed by atoms with van der Waals surface area (Å²) in [6.07, 6.45) is 3.51. The largest absolute Gasteiger partial charge is 0.347 e. The van der Waals surface area contributed by atoms with Gasteiger partial charge in [0.15, 0.2) is 0 Å². The highest BCUT2D eigenvalue weighted by Gasteiger charge is 2.01. The topological polar surface area (TPSA) is 55.0 Å². The van der Waals surface area contributed by atoms with Gasteiger partial charge in [0.05, 0.1) is 0 Å². The van der Waals surface area contributed by atoms with Gasteiger partial charge in [0, 0.05) is 38.1 Å². The van der Waals surface area contributed by atoms with Crippen LogP contribution in [0, 0.1) is 0 Å². The first-order valence-corrected chi connectivity index (χ1v) is 3.86. The van der Waals surface area contributed by atoms with E-state index in [0.717, 1.165) is 5.56 Å². The van der Waals surface area contributed by atoms with Crippen molar-refractivity contribution in [3.63, 3.8) is 0 Å². The van der Waals surface area contributed by atoms with Crippen molar-refractivity contribution in [3.05, 3.63) is 18.0 Å². The SMILES string of the molecule is CC(N)c1cnc(N(C)C)nc1.Cl. The molecule has 13 heavy (non-hydrogen) atoms. The maximum absolute atomic E-state index is 5.65. The number of nitrogens with two attached hydrogens (primary N) is 1. The number of aromatic nitrogens is 2. The molecule has 0 spiro atoms. The van der Waals surface area contributed by atoms with Gasteiger partial charge in [-0.05, 0) is 6.92 Å². The molecule has 0 aliphatic carbocycles. The molecule has 74 valence electrons. The molecule has 0 saturated heterocycles. The molecular weight excluding hydrogens is 188 g/mol. The Morgan fingerprint density at radius 1 is 1.31 bits per heavy atom. The van der Waals surface area contributed by atoms with E-state index < -0.39 is 0 Å². The molecule has 5 heteroatoms. The number of nitrogens with zero attached hydrogens (tertiary/aromatic N) is 3. The van der Waals surface area contributed by atoms with Gasteiger partial charge in [0.1, 0.15) is 0 Å². The van der Waals surface area contributed by atoms with Gasteiger partial charge < -0.3 is 10.6 Å². The van der Waals surface area contributed by atoms with Gasteiger partial charge in [-0.2, -0.15) is 0 Å². The first kappa shape index (κ1) is 12.1. The molecule has 0 saturated carbocycles. The zero-order valence-electron chi connectivity index (χ0n) is 8.06. The van der Waals surface area contributed by atoms with Gasteiger partial charge in [-0.15, -0.1) is 12.4 Å². The Kier molecular flexibility index (Phi) is 4.66. The third-order valence-corrected chi connectivity index (χ3v) is 1.58. The van der Waals surface area contributed by atoms with Crippen molar-refractivity contribution in [1.29, 1.82) is 0 Å². The van der Waals surface area contributed by atoms with Crippen LogP contribution in [-0.2, 0) is 0 Å². The number of hydrogen-bond acceptors (Lipinski definition) is 4. The molecule has 0 amide bonds. The van der Waals surface area contributed by atoms with Crippen LogP contribution in [0.3, 0.4) is 0 Å². The maximum Gasteiger partial charge on any atom is 0.224 e. The van der Waals surface area contributed by atoms with E-state index in [1.54, 1.807) is 12.4 Å². The van der Waals surface area contributed by atoms with Crippen LogP contribution in [-0.4, -0.2) is 24.1 Å². The minimum atomic E-state index is 0. The normalized spacial score (nSPS) is 11.7. The summed E-state index contributed by atoms with van der Waals surface area (Å²) < 4.78 is 0. The van der Waals surface area contributed by atoms with Crippen LogP contribution in [0.2, 0.25) is 0 Å². The summed E-state index contributed by atoms with van der Waals surface area (Å²) in [6.45, 7) is 1.91. The zero-order valence-corrected chi connectivity index (χ0v) is 8.88. The van der Waals surface area contributed by atoms with Crippen molar-refractivity contribution < 1.29 is 0 Å². The van der Waals surface area contributed by atoms with Crippen molar-refractivity contribution >= 4 is 18.4 Å². The van der Waals surface area contributed by atoms with E-state index in [1.807, 2.05) is 25.9 Å². The van der Waals surface area contributed by atoms with E-state index in [-0.39, 0.29) is 18.4 Å². The average Bonchev–Trinajstić information content (AvgIpc) is 2.04. The lowest BCUT2D eigenvalue weighted by Gasteiger charge is -2.10.